The van der Waals surface area contributed by atoms with Crippen molar-refractivity contribution in [3.8, 4) is 0 Å². The zero-order valence-corrected chi connectivity index (χ0v) is 24.8. The smallest absolute Gasteiger partial charge is 0.248 e. The second kappa shape index (κ2) is 22.2. The predicted octanol–water partition coefficient (Wildman–Crippen LogP) is 1.55. The molecule has 41 heavy (non-hydrogen) atoms. The van der Waals surface area contributed by atoms with Crippen molar-refractivity contribution in [3.05, 3.63) is 0 Å². The molecular formula is C26H51N5O10. The molecule has 0 aliphatic carbocycles. The lowest BCUT2D eigenvalue weighted by molar-refractivity contribution is -0.171. The average Bonchev–Trinajstić information content (AvgIpc) is 2.91. The number of amides is 4. The van der Waals surface area contributed by atoms with Gasteiger partial charge in [0.1, 0.15) is 0 Å². The molecule has 0 aromatic rings. The molecule has 0 aliphatic rings. The summed E-state index contributed by atoms with van der Waals surface area (Å²) in [6.45, 7) is 4.97. The number of ether oxygens (including phenoxy) is 2. The highest BCUT2D eigenvalue weighted by Gasteiger charge is 2.21. The van der Waals surface area contributed by atoms with Crippen LogP contribution in [0.5, 0.6) is 0 Å². The van der Waals surface area contributed by atoms with Gasteiger partial charge in [0.15, 0.2) is 0 Å². The van der Waals surface area contributed by atoms with E-state index in [2.05, 4.69) is 0 Å². The monoisotopic (exact) mass is 593 g/mol. The van der Waals surface area contributed by atoms with Crippen LogP contribution >= 0.6 is 0 Å². The molecule has 0 fully saturated rings. The normalized spacial score (nSPS) is 12.5. The first kappa shape index (κ1) is 38.6. The zero-order chi connectivity index (χ0) is 31.3. The molecule has 4 amide bonds. The molecule has 0 saturated heterocycles. The Hall–Kier alpha value is -2.40. The van der Waals surface area contributed by atoms with Crippen molar-refractivity contribution in [2.75, 3.05) is 52.6 Å². The van der Waals surface area contributed by atoms with E-state index in [-0.39, 0.29) is 71.2 Å². The molecule has 0 aromatic heterocycles. The van der Waals surface area contributed by atoms with Gasteiger partial charge in [-0.1, -0.05) is 32.1 Å². The van der Waals surface area contributed by atoms with Gasteiger partial charge in [-0.15, -0.1) is 0 Å². The number of nitrogens with two attached hydrogens (primary N) is 1. The van der Waals surface area contributed by atoms with E-state index in [4.69, 9.17) is 15.2 Å². The molecule has 15 nitrogen and oxygen atoms in total. The molecule has 6 N–H and O–H groups in total. The summed E-state index contributed by atoms with van der Waals surface area (Å²) < 4.78 is 10.9. The number of hydroxylamine groups is 8. The Morgan fingerprint density at radius 1 is 0.585 bits per heavy atom. The van der Waals surface area contributed by atoms with Gasteiger partial charge in [0.25, 0.3) is 0 Å². The van der Waals surface area contributed by atoms with Crippen LogP contribution in [0.15, 0.2) is 0 Å². The van der Waals surface area contributed by atoms with Gasteiger partial charge in [0, 0.05) is 26.9 Å². The maximum Gasteiger partial charge on any atom is 0.248 e. The third kappa shape index (κ3) is 21.0. The first-order chi connectivity index (χ1) is 19.3. The van der Waals surface area contributed by atoms with Gasteiger partial charge in [0.05, 0.1) is 57.9 Å². The summed E-state index contributed by atoms with van der Waals surface area (Å²) in [5.41, 5.74) is 5.24. The van der Waals surface area contributed by atoms with Crippen molar-refractivity contribution in [2.24, 2.45) is 5.73 Å². The van der Waals surface area contributed by atoms with E-state index in [0.717, 1.165) is 43.6 Å². The lowest BCUT2D eigenvalue weighted by atomic mass is 10.1. The Kier molecular flexibility index (Phi) is 20.9. The minimum absolute atomic E-state index is 0.00311. The molecule has 0 saturated carbocycles. The molecule has 1 atom stereocenters. The molecule has 0 aliphatic heterocycles. The van der Waals surface area contributed by atoms with Gasteiger partial charge in [-0.25, -0.2) is 20.3 Å². The Morgan fingerprint density at radius 2 is 0.902 bits per heavy atom. The highest BCUT2D eigenvalue weighted by molar-refractivity contribution is 5.75. The van der Waals surface area contributed by atoms with E-state index >= 15 is 0 Å². The second-order valence-electron chi connectivity index (χ2n) is 10.4. The van der Waals surface area contributed by atoms with Gasteiger partial charge in [-0.2, -0.15) is 0 Å². The number of hydrogen-bond donors (Lipinski definition) is 5. The fourth-order valence-corrected chi connectivity index (χ4v) is 3.57. The second-order valence-corrected chi connectivity index (χ2v) is 10.4. The van der Waals surface area contributed by atoms with E-state index in [0.29, 0.717) is 28.2 Å². The van der Waals surface area contributed by atoms with Crippen LogP contribution in [-0.4, -0.2) is 123 Å². The van der Waals surface area contributed by atoms with Crippen molar-refractivity contribution in [3.63, 3.8) is 0 Å². The van der Waals surface area contributed by atoms with Crippen molar-refractivity contribution >= 4 is 23.6 Å². The molecule has 0 radical (unpaired) electrons. The van der Waals surface area contributed by atoms with Gasteiger partial charge in [-0.3, -0.25) is 40.0 Å². The molecule has 0 aromatic carbocycles. The topological polar surface area (TPSA) is 207 Å². The summed E-state index contributed by atoms with van der Waals surface area (Å²) in [4.78, 5) is 45.8. The van der Waals surface area contributed by atoms with Crippen LogP contribution < -0.4 is 5.73 Å². The van der Waals surface area contributed by atoms with E-state index in [1.54, 1.807) is 6.92 Å². The maximum atomic E-state index is 12.1. The molecule has 0 bridgehead atoms. The highest BCUT2D eigenvalue weighted by Crippen LogP contribution is 2.09. The van der Waals surface area contributed by atoms with Crippen molar-refractivity contribution in [1.82, 2.24) is 20.3 Å². The fraction of sp³-hybridized carbons (Fsp3) is 0.846. The van der Waals surface area contributed by atoms with Gasteiger partial charge >= 0.3 is 0 Å². The summed E-state index contributed by atoms with van der Waals surface area (Å²) in [5.74, 6) is -1.91. The van der Waals surface area contributed by atoms with Crippen LogP contribution in [-0.2, 0) is 28.7 Å². The Balaban J connectivity index is 3.83. The van der Waals surface area contributed by atoms with E-state index in [1.165, 1.54) is 13.8 Å². The quantitative estimate of drug-likeness (QED) is 0.0616. The first-order valence-corrected chi connectivity index (χ1v) is 14.1. The summed E-state index contributed by atoms with van der Waals surface area (Å²) in [6.07, 6.45) is 6.28. The van der Waals surface area contributed by atoms with Crippen LogP contribution in [0.2, 0.25) is 0 Å². The van der Waals surface area contributed by atoms with Crippen molar-refractivity contribution < 1.29 is 49.5 Å². The van der Waals surface area contributed by atoms with E-state index in [9.17, 15) is 40.0 Å². The minimum atomic E-state index is -0.883. The number of hydrogen-bond acceptors (Lipinski definition) is 11. The molecular weight excluding hydrogens is 542 g/mol. The largest absolute Gasteiger partial charge is 0.379 e. The summed E-state index contributed by atoms with van der Waals surface area (Å²) in [7, 11) is 0. The molecule has 240 valence electrons. The van der Waals surface area contributed by atoms with Crippen molar-refractivity contribution in [2.45, 2.75) is 90.5 Å². The predicted molar refractivity (Wildman–Crippen MR) is 146 cm³/mol. The Labute approximate surface area is 242 Å². The Morgan fingerprint density at radius 3 is 1.29 bits per heavy atom. The fourth-order valence-electron chi connectivity index (χ4n) is 3.57. The number of rotatable bonds is 24. The molecule has 0 heterocycles. The molecule has 1 unspecified atom stereocenters. The average molecular weight is 594 g/mol. The van der Waals surface area contributed by atoms with Crippen molar-refractivity contribution in [1.29, 1.82) is 0 Å². The molecule has 15 heteroatoms. The number of unbranched alkanes of at least 4 members (excludes halogenated alkanes) is 6. The standard InChI is InChI=1S/C26H51N5O10/c1-22(32)28(36)14-9-7-5-4-6-8-10-15-30(38)24(34)12-18-40-20-26(3,27)21-41-19-13-25(35)31(39)17-11-16-29(37)23(2)33/h36-39H,4-21,27H2,1-3H3. The van der Waals surface area contributed by atoms with Crippen LogP contribution in [0.25, 0.3) is 0 Å². The number of carbonyl (C=O) groups excluding carboxylic acids is 4. The number of nitrogens with zero attached hydrogens (tertiary/aromatic N) is 4. The van der Waals surface area contributed by atoms with Crippen LogP contribution in [0.4, 0.5) is 0 Å². The van der Waals surface area contributed by atoms with E-state index in [1.807, 2.05) is 0 Å². The third-order valence-corrected chi connectivity index (χ3v) is 6.07. The van der Waals surface area contributed by atoms with Crippen LogP contribution in [0.1, 0.15) is 85.0 Å². The summed E-state index contributed by atoms with van der Waals surface area (Å²) >= 11 is 0. The van der Waals surface area contributed by atoms with Crippen LogP contribution in [0, 0.1) is 0 Å². The molecule has 0 rings (SSSR count). The number of carbonyl (C=O) groups is 4. The van der Waals surface area contributed by atoms with Gasteiger partial charge < -0.3 is 15.2 Å². The zero-order valence-electron chi connectivity index (χ0n) is 24.8. The Bertz CT molecular complexity index is 771. The molecule has 0 spiro atoms. The lowest BCUT2D eigenvalue weighted by Gasteiger charge is -2.24. The van der Waals surface area contributed by atoms with Gasteiger partial charge in [-0.05, 0) is 26.2 Å². The van der Waals surface area contributed by atoms with Crippen LogP contribution in [0.3, 0.4) is 0 Å². The summed E-state index contributed by atoms with van der Waals surface area (Å²) in [6, 6.07) is 0. The minimum Gasteiger partial charge on any atom is -0.379 e. The highest BCUT2D eigenvalue weighted by atomic mass is 16.5. The SMILES string of the molecule is CC(=O)N(O)CCCCCCCCCN(O)C(=O)CCOCC(C)(N)COCCC(=O)N(O)CCCN(O)C(C)=O. The third-order valence-electron chi connectivity index (χ3n) is 6.07. The first-order valence-electron chi connectivity index (χ1n) is 14.1. The maximum absolute atomic E-state index is 12.1. The summed E-state index contributed by atoms with van der Waals surface area (Å²) in [5, 5.41) is 40.6. The van der Waals surface area contributed by atoms with E-state index < -0.39 is 23.3 Å². The lowest BCUT2D eigenvalue weighted by Crippen LogP contribution is -2.46. The van der Waals surface area contributed by atoms with Gasteiger partial charge in [0.2, 0.25) is 23.6 Å².